The maximum absolute atomic E-state index is 13.3. The van der Waals surface area contributed by atoms with E-state index in [-0.39, 0.29) is 5.82 Å². The molecular formula is C14H21FN2O. The van der Waals surface area contributed by atoms with Crippen LogP contribution in [0.25, 0.3) is 0 Å². The van der Waals surface area contributed by atoms with Crippen molar-refractivity contribution in [2.75, 3.05) is 37.6 Å². The lowest BCUT2D eigenvalue weighted by Gasteiger charge is -2.36. The molecule has 1 fully saturated rings. The van der Waals surface area contributed by atoms with Gasteiger partial charge in [-0.1, -0.05) is 6.92 Å². The molecular weight excluding hydrogens is 231 g/mol. The third kappa shape index (κ3) is 2.82. The van der Waals surface area contributed by atoms with Crippen LogP contribution in [-0.2, 0) is 0 Å². The Morgan fingerprint density at radius 1 is 1.28 bits per heavy atom. The Bertz CT molecular complexity index is 401. The van der Waals surface area contributed by atoms with Crippen LogP contribution in [-0.4, -0.2) is 42.7 Å². The molecule has 1 heterocycles. The van der Waals surface area contributed by atoms with E-state index in [9.17, 15) is 9.50 Å². The van der Waals surface area contributed by atoms with E-state index in [1.165, 1.54) is 12.1 Å². The van der Waals surface area contributed by atoms with E-state index >= 15 is 0 Å². The van der Waals surface area contributed by atoms with Crippen LogP contribution < -0.4 is 4.90 Å². The molecule has 0 aliphatic carbocycles. The first-order chi connectivity index (χ1) is 8.61. The summed E-state index contributed by atoms with van der Waals surface area (Å²) in [5.74, 6) is -0.290. The smallest absolute Gasteiger partial charge is 0.123 e. The summed E-state index contributed by atoms with van der Waals surface area (Å²) in [5.41, 5.74) is 1.64. The van der Waals surface area contributed by atoms with Gasteiger partial charge < -0.3 is 14.9 Å². The number of hydrogen-bond donors (Lipinski definition) is 1. The zero-order chi connectivity index (χ0) is 13.1. The van der Waals surface area contributed by atoms with Crippen molar-refractivity contribution in [2.24, 2.45) is 0 Å². The van der Waals surface area contributed by atoms with Crippen LogP contribution in [0.2, 0.25) is 0 Å². The first-order valence-electron chi connectivity index (χ1n) is 6.56. The highest BCUT2D eigenvalue weighted by atomic mass is 19.1. The first-order valence-corrected chi connectivity index (χ1v) is 6.56. The van der Waals surface area contributed by atoms with Gasteiger partial charge >= 0.3 is 0 Å². The van der Waals surface area contributed by atoms with Crippen LogP contribution in [0.4, 0.5) is 10.1 Å². The number of aliphatic hydroxyl groups is 1. The SMILES string of the molecule is CCN1CCN(c2ccc(F)cc2C(C)O)CC1. The van der Waals surface area contributed by atoms with Gasteiger partial charge in [0.2, 0.25) is 0 Å². The second-order valence-corrected chi connectivity index (χ2v) is 4.80. The summed E-state index contributed by atoms with van der Waals surface area (Å²) in [7, 11) is 0. The molecule has 0 amide bonds. The summed E-state index contributed by atoms with van der Waals surface area (Å²) in [6, 6.07) is 4.68. The van der Waals surface area contributed by atoms with Crippen LogP contribution >= 0.6 is 0 Å². The Kier molecular flexibility index (Phi) is 4.19. The summed E-state index contributed by atoms with van der Waals surface area (Å²) >= 11 is 0. The van der Waals surface area contributed by atoms with Gasteiger partial charge in [-0.05, 0) is 31.7 Å². The largest absolute Gasteiger partial charge is 0.389 e. The summed E-state index contributed by atoms with van der Waals surface area (Å²) < 4.78 is 13.3. The normalized spacial score (nSPS) is 19.0. The second-order valence-electron chi connectivity index (χ2n) is 4.80. The molecule has 4 heteroatoms. The molecule has 1 aromatic rings. The van der Waals surface area contributed by atoms with Gasteiger partial charge in [0, 0.05) is 37.4 Å². The Morgan fingerprint density at radius 2 is 1.94 bits per heavy atom. The van der Waals surface area contributed by atoms with Gasteiger partial charge in [0.1, 0.15) is 5.82 Å². The fourth-order valence-corrected chi connectivity index (χ4v) is 2.45. The molecule has 1 saturated heterocycles. The Hall–Kier alpha value is -1.13. The van der Waals surface area contributed by atoms with E-state index in [1.54, 1.807) is 13.0 Å². The molecule has 1 aliphatic heterocycles. The second kappa shape index (κ2) is 5.67. The van der Waals surface area contributed by atoms with Crippen molar-refractivity contribution in [1.82, 2.24) is 4.90 Å². The molecule has 1 unspecified atom stereocenters. The lowest BCUT2D eigenvalue weighted by molar-refractivity contribution is 0.198. The summed E-state index contributed by atoms with van der Waals surface area (Å²) in [5, 5.41) is 9.75. The van der Waals surface area contributed by atoms with Crippen molar-refractivity contribution < 1.29 is 9.50 Å². The summed E-state index contributed by atoms with van der Waals surface area (Å²) in [6.45, 7) is 8.81. The highest BCUT2D eigenvalue weighted by Gasteiger charge is 2.19. The van der Waals surface area contributed by atoms with Gasteiger partial charge in [-0.2, -0.15) is 0 Å². The number of rotatable bonds is 3. The minimum absolute atomic E-state index is 0.290. The first kappa shape index (κ1) is 13.3. The number of hydrogen-bond acceptors (Lipinski definition) is 3. The number of halogens is 1. The third-order valence-electron chi connectivity index (χ3n) is 3.60. The predicted octanol–water partition coefficient (Wildman–Crippen LogP) is 2.02. The molecule has 1 aliphatic rings. The molecule has 1 aromatic carbocycles. The molecule has 100 valence electrons. The maximum Gasteiger partial charge on any atom is 0.123 e. The lowest BCUT2D eigenvalue weighted by Crippen LogP contribution is -2.46. The van der Waals surface area contributed by atoms with Crippen LogP contribution in [0.1, 0.15) is 25.5 Å². The average Bonchev–Trinajstić information content (AvgIpc) is 2.39. The standard InChI is InChI=1S/C14H21FN2O/c1-3-16-6-8-17(9-7-16)14-5-4-12(15)10-13(14)11(2)18/h4-5,10-11,18H,3,6-9H2,1-2H3. The van der Waals surface area contributed by atoms with Crippen molar-refractivity contribution in [2.45, 2.75) is 20.0 Å². The molecule has 0 spiro atoms. The zero-order valence-electron chi connectivity index (χ0n) is 11.1. The van der Waals surface area contributed by atoms with Crippen molar-refractivity contribution in [1.29, 1.82) is 0 Å². The van der Waals surface area contributed by atoms with Crippen LogP contribution in [0.15, 0.2) is 18.2 Å². The lowest BCUT2D eigenvalue weighted by atomic mass is 10.1. The van der Waals surface area contributed by atoms with Gasteiger partial charge in [-0.25, -0.2) is 4.39 Å². The molecule has 2 rings (SSSR count). The molecule has 0 aromatic heterocycles. The number of nitrogens with zero attached hydrogens (tertiary/aromatic N) is 2. The van der Waals surface area contributed by atoms with Crippen molar-refractivity contribution >= 4 is 5.69 Å². The molecule has 1 N–H and O–H groups in total. The average molecular weight is 252 g/mol. The zero-order valence-corrected chi connectivity index (χ0v) is 11.1. The van der Waals surface area contributed by atoms with Gasteiger partial charge in [-0.3, -0.25) is 0 Å². The van der Waals surface area contributed by atoms with Crippen LogP contribution in [0, 0.1) is 5.82 Å². The molecule has 18 heavy (non-hydrogen) atoms. The van der Waals surface area contributed by atoms with Gasteiger partial charge in [0.15, 0.2) is 0 Å². The van der Waals surface area contributed by atoms with E-state index in [0.29, 0.717) is 5.56 Å². The van der Waals surface area contributed by atoms with Gasteiger partial charge in [0.25, 0.3) is 0 Å². The number of aliphatic hydroxyl groups excluding tert-OH is 1. The number of anilines is 1. The minimum atomic E-state index is -0.639. The van der Waals surface area contributed by atoms with E-state index in [4.69, 9.17) is 0 Å². The van der Waals surface area contributed by atoms with Crippen molar-refractivity contribution in [3.05, 3.63) is 29.6 Å². The molecule has 0 bridgehead atoms. The minimum Gasteiger partial charge on any atom is -0.389 e. The van der Waals surface area contributed by atoms with Crippen LogP contribution in [0.5, 0.6) is 0 Å². The van der Waals surface area contributed by atoms with Gasteiger partial charge in [0.05, 0.1) is 6.10 Å². The summed E-state index contributed by atoms with van der Waals surface area (Å²) in [4.78, 5) is 4.62. The highest BCUT2D eigenvalue weighted by molar-refractivity contribution is 5.55. The third-order valence-corrected chi connectivity index (χ3v) is 3.60. The number of likely N-dealkylation sites (N-methyl/N-ethyl adjacent to an activating group) is 1. The number of benzene rings is 1. The summed E-state index contributed by atoms with van der Waals surface area (Å²) in [6.07, 6.45) is -0.639. The Labute approximate surface area is 108 Å². The van der Waals surface area contributed by atoms with E-state index < -0.39 is 6.10 Å². The maximum atomic E-state index is 13.3. The van der Waals surface area contributed by atoms with Crippen molar-refractivity contribution in [3.63, 3.8) is 0 Å². The number of piperazine rings is 1. The molecule has 0 radical (unpaired) electrons. The topological polar surface area (TPSA) is 26.7 Å². The van der Waals surface area contributed by atoms with Crippen LogP contribution in [0.3, 0.4) is 0 Å². The Balaban J connectivity index is 2.18. The van der Waals surface area contributed by atoms with E-state index in [1.807, 2.05) is 0 Å². The van der Waals surface area contributed by atoms with E-state index in [0.717, 1.165) is 38.4 Å². The van der Waals surface area contributed by atoms with E-state index in [2.05, 4.69) is 16.7 Å². The quantitative estimate of drug-likeness (QED) is 0.891. The monoisotopic (exact) mass is 252 g/mol. The Morgan fingerprint density at radius 3 is 2.50 bits per heavy atom. The molecule has 0 saturated carbocycles. The predicted molar refractivity (Wildman–Crippen MR) is 71.4 cm³/mol. The highest BCUT2D eigenvalue weighted by Crippen LogP contribution is 2.28. The fourth-order valence-electron chi connectivity index (χ4n) is 2.45. The van der Waals surface area contributed by atoms with Gasteiger partial charge in [-0.15, -0.1) is 0 Å². The fraction of sp³-hybridized carbons (Fsp3) is 0.571. The molecule has 3 nitrogen and oxygen atoms in total. The van der Waals surface area contributed by atoms with Crippen molar-refractivity contribution in [3.8, 4) is 0 Å². The molecule has 1 atom stereocenters.